The van der Waals surface area contributed by atoms with Crippen LogP contribution in [0.5, 0.6) is 0 Å². The van der Waals surface area contributed by atoms with Crippen LogP contribution in [0.3, 0.4) is 0 Å². The third-order valence-corrected chi connectivity index (χ3v) is 5.16. The number of nitrogens with zero attached hydrogens (tertiary/aromatic N) is 1. The monoisotopic (exact) mass is 428 g/mol. The highest BCUT2D eigenvalue weighted by Gasteiger charge is 2.20. The van der Waals surface area contributed by atoms with Crippen LogP contribution in [0, 0.1) is 0 Å². The summed E-state index contributed by atoms with van der Waals surface area (Å²) in [7, 11) is -3.47. The van der Waals surface area contributed by atoms with Crippen molar-refractivity contribution < 1.29 is 13.2 Å². The molecule has 0 aliphatic rings. The van der Waals surface area contributed by atoms with E-state index in [-0.39, 0.29) is 16.5 Å². The predicted octanol–water partition coefficient (Wildman–Crippen LogP) is 4.55. The Morgan fingerprint density at radius 1 is 0.897 bits per heavy atom. The second-order valence-electron chi connectivity index (χ2n) is 6.70. The molecule has 29 heavy (non-hydrogen) atoms. The van der Waals surface area contributed by atoms with Crippen LogP contribution in [0.1, 0.15) is 21.5 Å². The Morgan fingerprint density at radius 3 is 1.90 bits per heavy atom. The molecule has 0 fully saturated rings. The molecular formula is C22H21ClN2O3S. The highest BCUT2D eigenvalue weighted by atomic mass is 35.5. The lowest BCUT2D eigenvalue weighted by atomic mass is 10.1. The summed E-state index contributed by atoms with van der Waals surface area (Å²) in [5.41, 5.74) is 2.50. The molecule has 3 aromatic rings. The van der Waals surface area contributed by atoms with Crippen molar-refractivity contribution in [3.8, 4) is 0 Å². The molecule has 1 amide bonds. The van der Waals surface area contributed by atoms with E-state index in [0.29, 0.717) is 18.8 Å². The van der Waals surface area contributed by atoms with E-state index < -0.39 is 10.0 Å². The fraction of sp³-hybridized carbons (Fsp3) is 0.136. The van der Waals surface area contributed by atoms with Crippen LogP contribution in [0.4, 0.5) is 5.69 Å². The van der Waals surface area contributed by atoms with Crippen LogP contribution in [-0.2, 0) is 23.1 Å². The van der Waals surface area contributed by atoms with Gasteiger partial charge in [0.2, 0.25) is 10.0 Å². The lowest BCUT2D eigenvalue weighted by Gasteiger charge is -2.24. The molecular weight excluding hydrogens is 408 g/mol. The minimum atomic E-state index is -3.47. The number of halogens is 1. The van der Waals surface area contributed by atoms with E-state index >= 15 is 0 Å². The first-order valence-corrected chi connectivity index (χ1v) is 11.2. The fourth-order valence-electron chi connectivity index (χ4n) is 2.94. The van der Waals surface area contributed by atoms with Gasteiger partial charge in [-0.05, 0) is 29.3 Å². The Labute approximate surface area is 176 Å². The van der Waals surface area contributed by atoms with Crippen molar-refractivity contribution in [1.82, 2.24) is 4.90 Å². The first-order chi connectivity index (χ1) is 13.8. The van der Waals surface area contributed by atoms with Crippen LogP contribution in [0.2, 0.25) is 5.02 Å². The highest BCUT2D eigenvalue weighted by Crippen LogP contribution is 2.24. The zero-order valence-electron chi connectivity index (χ0n) is 15.9. The van der Waals surface area contributed by atoms with Gasteiger partial charge in [0.15, 0.2) is 0 Å². The Bertz CT molecular complexity index is 1050. The van der Waals surface area contributed by atoms with Crippen molar-refractivity contribution in [2.45, 2.75) is 13.1 Å². The van der Waals surface area contributed by atoms with E-state index in [0.717, 1.165) is 17.4 Å². The van der Waals surface area contributed by atoms with Gasteiger partial charge in [-0.2, -0.15) is 0 Å². The highest BCUT2D eigenvalue weighted by molar-refractivity contribution is 7.92. The summed E-state index contributed by atoms with van der Waals surface area (Å²) in [5, 5.41) is 0.264. The molecule has 0 atom stereocenters. The molecule has 0 radical (unpaired) electrons. The second kappa shape index (κ2) is 9.11. The van der Waals surface area contributed by atoms with Crippen molar-refractivity contribution in [2.24, 2.45) is 0 Å². The maximum atomic E-state index is 13.4. The van der Waals surface area contributed by atoms with Crippen molar-refractivity contribution in [3.63, 3.8) is 0 Å². The molecule has 3 rings (SSSR count). The first kappa shape index (κ1) is 20.9. The molecule has 150 valence electrons. The SMILES string of the molecule is CS(=O)(=O)Nc1ccc(Cl)c(C(=O)N(Cc2ccccc2)Cc2ccccc2)c1. The maximum Gasteiger partial charge on any atom is 0.256 e. The van der Waals surface area contributed by atoms with E-state index in [1.807, 2.05) is 60.7 Å². The van der Waals surface area contributed by atoms with E-state index in [9.17, 15) is 13.2 Å². The molecule has 0 saturated heterocycles. The second-order valence-corrected chi connectivity index (χ2v) is 8.86. The fourth-order valence-corrected chi connectivity index (χ4v) is 3.70. The number of carbonyl (C=O) groups is 1. The number of benzene rings is 3. The van der Waals surface area contributed by atoms with E-state index in [4.69, 9.17) is 11.6 Å². The molecule has 0 saturated carbocycles. The van der Waals surface area contributed by atoms with Crippen molar-refractivity contribution in [3.05, 3.63) is 101 Å². The number of carbonyl (C=O) groups excluding carboxylic acids is 1. The summed E-state index contributed by atoms with van der Waals surface area (Å²) in [6.45, 7) is 0.795. The van der Waals surface area contributed by atoms with Gasteiger partial charge in [0.1, 0.15) is 0 Å². The van der Waals surface area contributed by atoms with E-state index in [2.05, 4.69) is 4.72 Å². The molecule has 1 N–H and O–H groups in total. The summed E-state index contributed by atoms with van der Waals surface area (Å²) in [6.07, 6.45) is 1.06. The van der Waals surface area contributed by atoms with Crippen LogP contribution in [0.15, 0.2) is 78.9 Å². The van der Waals surface area contributed by atoms with Gasteiger partial charge in [0, 0.05) is 18.8 Å². The maximum absolute atomic E-state index is 13.4. The molecule has 0 aromatic heterocycles. The summed E-state index contributed by atoms with van der Waals surface area (Å²) >= 11 is 6.29. The minimum Gasteiger partial charge on any atom is -0.330 e. The molecule has 0 bridgehead atoms. The predicted molar refractivity (Wildman–Crippen MR) is 116 cm³/mol. The number of nitrogens with one attached hydrogen (secondary N) is 1. The lowest BCUT2D eigenvalue weighted by molar-refractivity contribution is 0.0730. The summed E-state index contributed by atoms with van der Waals surface area (Å²) in [6, 6.07) is 23.8. The Kier molecular flexibility index (Phi) is 6.56. The molecule has 0 heterocycles. The van der Waals surface area contributed by atoms with E-state index in [1.165, 1.54) is 18.2 Å². The lowest BCUT2D eigenvalue weighted by Crippen LogP contribution is -2.30. The molecule has 0 aliphatic heterocycles. The average molecular weight is 429 g/mol. The smallest absolute Gasteiger partial charge is 0.256 e. The molecule has 0 unspecified atom stereocenters. The zero-order chi connectivity index (χ0) is 20.9. The molecule has 5 nitrogen and oxygen atoms in total. The third kappa shape index (κ3) is 6.07. The van der Waals surface area contributed by atoms with Crippen LogP contribution < -0.4 is 4.72 Å². The van der Waals surface area contributed by atoms with Crippen molar-refractivity contribution in [2.75, 3.05) is 11.0 Å². The topological polar surface area (TPSA) is 66.5 Å². The normalized spacial score (nSPS) is 11.1. The van der Waals surface area contributed by atoms with Gasteiger partial charge in [0.05, 0.1) is 16.8 Å². The summed E-state index contributed by atoms with van der Waals surface area (Å²) in [4.78, 5) is 15.0. The quantitative estimate of drug-likeness (QED) is 0.600. The van der Waals surface area contributed by atoms with Gasteiger partial charge >= 0.3 is 0 Å². The summed E-state index contributed by atoms with van der Waals surface area (Å²) < 4.78 is 25.5. The standard InChI is InChI=1S/C22H21ClN2O3S/c1-29(27,28)24-19-12-13-21(23)20(14-19)22(26)25(15-17-8-4-2-5-9-17)16-18-10-6-3-7-11-18/h2-14,24H,15-16H2,1H3. The van der Waals surface area contributed by atoms with E-state index in [1.54, 1.807) is 4.90 Å². The first-order valence-electron chi connectivity index (χ1n) is 8.96. The Morgan fingerprint density at radius 2 is 1.41 bits per heavy atom. The van der Waals surface area contributed by atoms with Gasteiger partial charge < -0.3 is 4.90 Å². The number of amides is 1. The van der Waals surface area contributed by atoms with Gasteiger partial charge in [-0.1, -0.05) is 72.3 Å². The zero-order valence-corrected chi connectivity index (χ0v) is 17.5. The largest absolute Gasteiger partial charge is 0.330 e. The van der Waals surface area contributed by atoms with Crippen LogP contribution in [-0.4, -0.2) is 25.5 Å². The Hall–Kier alpha value is -2.83. The Balaban J connectivity index is 1.94. The van der Waals surface area contributed by atoms with Gasteiger partial charge in [-0.15, -0.1) is 0 Å². The van der Waals surface area contributed by atoms with Gasteiger partial charge in [0.25, 0.3) is 5.91 Å². The molecule has 7 heteroatoms. The van der Waals surface area contributed by atoms with Crippen molar-refractivity contribution in [1.29, 1.82) is 0 Å². The van der Waals surface area contributed by atoms with Crippen LogP contribution >= 0.6 is 11.6 Å². The minimum absolute atomic E-state index is 0.243. The number of rotatable bonds is 7. The van der Waals surface area contributed by atoms with Gasteiger partial charge in [-0.3, -0.25) is 9.52 Å². The third-order valence-electron chi connectivity index (χ3n) is 4.22. The molecule has 0 aliphatic carbocycles. The number of hydrogen-bond donors (Lipinski definition) is 1. The van der Waals surface area contributed by atoms with Crippen molar-refractivity contribution >= 4 is 33.2 Å². The molecule has 3 aromatic carbocycles. The number of sulfonamides is 1. The number of hydrogen-bond acceptors (Lipinski definition) is 3. The summed E-state index contributed by atoms with van der Waals surface area (Å²) in [5.74, 6) is -0.278. The van der Waals surface area contributed by atoms with Gasteiger partial charge in [-0.25, -0.2) is 8.42 Å². The number of anilines is 1. The average Bonchev–Trinajstić information content (AvgIpc) is 2.69. The van der Waals surface area contributed by atoms with Crippen LogP contribution in [0.25, 0.3) is 0 Å². The molecule has 0 spiro atoms.